The van der Waals surface area contributed by atoms with Crippen molar-refractivity contribution in [3.8, 4) is 24.2 Å². The van der Waals surface area contributed by atoms with E-state index in [-0.39, 0.29) is 23.9 Å². The van der Waals surface area contributed by atoms with Gasteiger partial charge < -0.3 is 4.74 Å². The summed E-state index contributed by atoms with van der Waals surface area (Å²) < 4.78 is 5.68. The highest BCUT2D eigenvalue weighted by molar-refractivity contribution is 5.16. The van der Waals surface area contributed by atoms with Crippen LogP contribution in [0.2, 0.25) is 0 Å². The van der Waals surface area contributed by atoms with E-state index in [0.717, 1.165) is 12.8 Å². The van der Waals surface area contributed by atoms with Gasteiger partial charge in [0.15, 0.2) is 0 Å². The molecule has 1 aliphatic heterocycles. The van der Waals surface area contributed by atoms with Gasteiger partial charge in [0.2, 0.25) is 0 Å². The molecule has 1 nitrogen and oxygen atoms in total. The van der Waals surface area contributed by atoms with Crippen LogP contribution < -0.4 is 0 Å². The van der Waals surface area contributed by atoms with Gasteiger partial charge in [-0.2, -0.15) is 0 Å². The van der Waals surface area contributed by atoms with Crippen molar-refractivity contribution in [3.05, 3.63) is 26.2 Å². The maximum atomic E-state index is 5.68. The van der Waals surface area contributed by atoms with Crippen molar-refractivity contribution in [1.82, 2.24) is 0 Å². The molecule has 0 aliphatic carbocycles. The summed E-state index contributed by atoms with van der Waals surface area (Å²) in [6.45, 7) is 19.6. The van der Waals surface area contributed by atoms with Crippen LogP contribution >= 0.6 is 0 Å². The van der Waals surface area contributed by atoms with E-state index in [2.05, 4.69) is 66.2 Å². The second kappa shape index (κ2) is 9.84. The van der Waals surface area contributed by atoms with E-state index >= 15 is 0 Å². The predicted octanol–water partition coefficient (Wildman–Crippen LogP) is 5.40. The Bertz CT molecular complexity index is 500. The lowest BCUT2D eigenvalue weighted by Gasteiger charge is -2.32. The van der Waals surface area contributed by atoms with Crippen LogP contribution in [0.4, 0.5) is 0 Å². The smallest absolute Gasteiger partial charge is 0.112 e. The summed E-state index contributed by atoms with van der Waals surface area (Å²) in [4.78, 5) is 0. The van der Waals surface area contributed by atoms with Gasteiger partial charge >= 0.3 is 0 Å². The zero-order valence-corrected chi connectivity index (χ0v) is 16.1. The van der Waals surface area contributed by atoms with Gasteiger partial charge in [0.1, 0.15) is 6.10 Å². The number of hydrogen-bond donors (Lipinski definition) is 0. The topological polar surface area (TPSA) is 9.23 Å². The highest BCUT2D eigenvalue weighted by Gasteiger charge is 2.29. The molecule has 0 saturated carbocycles. The van der Waals surface area contributed by atoms with Crippen LogP contribution in [-0.4, -0.2) is 6.10 Å². The van der Waals surface area contributed by atoms with E-state index in [0.29, 0.717) is 23.7 Å². The van der Waals surface area contributed by atoms with E-state index in [4.69, 9.17) is 11.2 Å². The van der Waals surface area contributed by atoms with Crippen LogP contribution in [0, 0.1) is 79.5 Å². The van der Waals surface area contributed by atoms with Crippen molar-refractivity contribution in [2.45, 2.75) is 53.6 Å². The molecule has 8 atom stereocenters. The van der Waals surface area contributed by atoms with E-state index in [1.165, 1.54) is 0 Å². The molecular formula is C23H34O. The average molecular weight is 327 g/mol. The lowest BCUT2D eigenvalue weighted by molar-refractivity contribution is 0.0779. The third kappa shape index (κ3) is 5.08. The summed E-state index contributed by atoms with van der Waals surface area (Å²) >= 11 is 0. The molecule has 1 rings (SSSR count). The predicted molar refractivity (Wildman–Crippen MR) is 103 cm³/mol. The molecule has 0 bridgehead atoms. The quantitative estimate of drug-likeness (QED) is 0.594. The first-order valence-electron chi connectivity index (χ1n) is 9.32. The summed E-state index contributed by atoms with van der Waals surface area (Å²) in [5.41, 5.74) is 0. The number of ether oxygens (including phenoxy) is 1. The van der Waals surface area contributed by atoms with Crippen molar-refractivity contribution >= 4 is 0 Å². The molecule has 1 heteroatoms. The van der Waals surface area contributed by atoms with Crippen molar-refractivity contribution < 1.29 is 4.74 Å². The Hall–Kier alpha value is -1.34. The minimum atomic E-state index is 0.0911. The molecule has 0 saturated heterocycles. The third-order valence-electron chi connectivity index (χ3n) is 5.86. The molecule has 8 unspecified atom stereocenters. The number of terminal acetylenes is 1. The Labute approximate surface area is 150 Å². The van der Waals surface area contributed by atoms with E-state index in [9.17, 15) is 0 Å². The van der Waals surface area contributed by atoms with Crippen molar-refractivity contribution in [2.24, 2.45) is 41.4 Å². The van der Waals surface area contributed by atoms with Crippen LogP contribution in [0.15, 0.2) is 12.3 Å². The van der Waals surface area contributed by atoms with Crippen molar-refractivity contribution in [2.75, 3.05) is 0 Å². The fourth-order valence-electron chi connectivity index (χ4n) is 3.47. The van der Waals surface area contributed by atoms with Crippen LogP contribution in [-0.2, 0) is 4.74 Å². The number of hydrogen-bond acceptors (Lipinski definition) is 1. The average Bonchev–Trinajstić information content (AvgIpc) is 2.59. The summed E-state index contributed by atoms with van der Waals surface area (Å²) in [7, 11) is 0. The Morgan fingerprint density at radius 3 is 2.38 bits per heavy atom. The molecule has 0 fully saturated rings. The number of rotatable bonds is 6. The summed E-state index contributed by atoms with van der Waals surface area (Å²) in [5.74, 6) is 11.9. The van der Waals surface area contributed by atoms with E-state index < -0.39 is 0 Å². The molecule has 1 heterocycles. The molecule has 2 radical (unpaired) electrons. The molecule has 0 aromatic carbocycles. The van der Waals surface area contributed by atoms with Crippen LogP contribution in [0.1, 0.15) is 47.5 Å². The van der Waals surface area contributed by atoms with Gasteiger partial charge in [-0.15, -0.1) is 12.3 Å². The Kier molecular flexibility index (Phi) is 8.48. The highest BCUT2D eigenvalue weighted by atomic mass is 16.5. The second-order valence-corrected chi connectivity index (χ2v) is 7.25. The van der Waals surface area contributed by atoms with E-state index in [1.54, 1.807) is 6.26 Å². The van der Waals surface area contributed by atoms with Gasteiger partial charge in [0.05, 0.1) is 12.2 Å². The summed E-state index contributed by atoms with van der Waals surface area (Å²) in [6.07, 6.45) is 11.5. The van der Waals surface area contributed by atoms with Crippen LogP contribution in [0.5, 0.6) is 0 Å². The molecule has 24 heavy (non-hydrogen) atoms. The number of allylic oxidation sites excluding steroid dienone is 1. The fourth-order valence-corrected chi connectivity index (χ4v) is 3.47. The van der Waals surface area contributed by atoms with Gasteiger partial charge in [0.25, 0.3) is 0 Å². The van der Waals surface area contributed by atoms with Crippen LogP contribution in [0.3, 0.4) is 0 Å². The maximum absolute atomic E-state index is 5.68. The minimum Gasteiger partial charge on any atom is -0.497 e. The zero-order chi connectivity index (χ0) is 18.3. The zero-order valence-electron chi connectivity index (χ0n) is 16.1. The highest BCUT2D eigenvalue weighted by Crippen LogP contribution is 2.32. The van der Waals surface area contributed by atoms with Crippen LogP contribution in [0.25, 0.3) is 0 Å². The van der Waals surface area contributed by atoms with Gasteiger partial charge in [0, 0.05) is 11.8 Å². The first kappa shape index (κ1) is 20.7. The largest absolute Gasteiger partial charge is 0.497 e. The Morgan fingerprint density at radius 1 is 1.17 bits per heavy atom. The molecule has 0 N–H and O–H groups in total. The molecule has 1 aliphatic rings. The Balaban J connectivity index is 2.78. The van der Waals surface area contributed by atoms with Crippen molar-refractivity contribution in [3.63, 3.8) is 0 Å². The molecular weight excluding hydrogens is 292 g/mol. The maximum Gasteiger partial charge on any atom is 0.112 e. The SMILES string of the molecule is C#CC(CC)C(C)C(C)C(C)C([CH2])C#CC1C([CH2])C=COC1CC. The van der Waals surface area contributed by atoms with Gasteiger partial charge in [-0.05, 0) is 56.4 Å². The standard InChI is InChI=1S/C23H34O/c1-9-21(10-2)20(8)19(7)18(6)16(4)12-13-22-17(5)14-15-24-23(22)11-3/h1,14-23H,4-5,10-11H2,2-3,6-8H3. The molecule has 0 amide bonds. The molecule has 0 aromatic rings. The summed E-state index contributed by atoms with van der Waals surface area (Å²) in [5, 5.41) is 0. The minimum absolute atomic E-state index is 0.0911. The second-order valence-electron chi connectivity index (χ2n) is 7.25. The van der Waals surface area contributed by atoms with Gasteiger partial charge in [-0.3, -0.25) is 0 Å². The van der Waals surface area contributed by atoms with Crippen molar-refractivity contribution in [1.29, 1.82) is 0 Å². The lowest BCUT2D eigenvalue weighted by atomic mass is 9.73. The first-order chi connectivity index (χ1) is 11.4. The normalized spacial score (nSPS) is 29.2. The molecule has 132 valence electrons. The summed E-state index contributed by atoms with van der Waals surface area (Å²) in [6, 6.07) is 0. The van der Waals surface area contributed by atoms with E-state index in [1.807, 2.05) is 6.08 Å². The monoisotopic (exact) mass is 326 g/mol. The van der Waals surface area contributed by atoms with Gasteiger partial charge in [-0.25, -0.2) is 0 Å². The lowest BCUT2D eigenvalue weighted by Crippen LogP contribution is -2.29. The molecule has 0 spiro atoms. The molecule has 0 aromatic heterocycles. The van der Waals surface area contributed by atoms with Gasteiger partial charge in [-0.1, -0.05) is 46.5 Å². The fraction of sp³-hybridized carbons (Fsp3) is 0.652. The Morgan fingerprint density at radius 2 is 1.83 bits per heavy atom. The first-order valence-corrected chi connectivity index (χ1v) is 9.32. The third-order valence-corrected chi connectivity index (χ3v) is 5.86.